The Bertz CT molecular complexity index is 926. The Morgan fingerprint density at radius 1 is 1.43 bits per heavy atom. The lowest BCUT2D eigenvalue weighted by atomic mass is 9.98. The number of benzene rings is 1. The molecule has 0 bridgehead atoms. The van der Waals surface area contributed by atoms with E-state index in [0.29, 0.717) is 16.5 Å². The molecular formula is C16H18F2N3O6P. The number of nitrogens with zero attached hydrogens (tertiary/aromatic N) is 2. The Morgan fingerprint density at radius 2 is 2.11 bits per heavy atom. The number of aliphatic hydroxyl groups excluding tert-OH is 1. The standard InChI is InChI=1S/C16H18F2N3O6P/c1-16(18)12(22)11(8-25-28(24)27-9-5-3-2-4-6-9)26-14(16)21-7-10(17)13(19)20-15(21)23/h2-7,11-12,14,22,28H,8H2,1H3,(H2,19,20,23)/t11-,12+,14-,16?/m1/s1. The molecule has 9 nitrogen and oxygen atoms in total. The van der Waals surface area contributed by atoms with Crippen molar-refractivity contribution in [3.8, 4) is 5.75 Å². The zero-order valence-electron chi connectivity index (χ0n) is 14.6. The number of hydrogen-bond acceptors (Lipinski definition) is 8. The summed E-state index contributed by atoms with van der Waals surface area (Å²) in [6, 6.07) is 8.22. The van der Waals surface area contributed by atoms with Crippen LogP contribution in [0.1, 0.15) is 13.2 Å². The van der Waals surface area contributed by atoms with Crippen molar-refractivity contribution in [1.82, 2.24) is 9.55 Å². The third-order valence-corrected chi connectivity index (χ3v) is 5.02. The molecular weight excluding hydrogens is 399 g/mol. The number of rotatable bonds is 6. The van der Waals surface area contributed by atoms with E-state index in [2.05, 4.69) is 4.98 Å². The van der Waals surface area contributed by atoms with Crippen molar-refractivity contribution in [2.24, 2.45) is 0 Å². The lowest BCUT2D eigenvalue weighted by Crippen LogP contribution is -2.43. The Hall–Kier alpha value is -2.33. The summed E-state index contributed by atoms with van der Waals surface area (Å²) < 4.78 is 56.6. The Kier molecular flexibility index (Phi) is 5.80. The second kappa shape index (κ2) is 7.96. The molecule has 3 rings (SSSR count). The summed E-state index contributed by atoms with van der Waals surface area (Å²) in [7, 11) is -3.01. The van der Waals surface area contributed by atoms with Crippen LogP contribution < -0.4 is 15.9 Å². The predicted octanol–water partition coefficient (Wildman–Crippen LogP) is 1.44. The number of nitrogens with two attached hydrogens (primary N) is 1. The third kappa shape index (κ3) is 4.07. The van der Waals surface area contributed by atoms with Gasteiger partial charge in [-0.3, -0.25) is 9.09 Å². The van der Waals surface area contributed by atoms with E-state index in [1.165, 1.54) is 0 Å². The molecule has 0 aliphatic carbocycles. The van der Waals surface area contributed by atoms with Crippen molar-refractivity contribution in [3.63, 3.8) is 0 Å². The van der Waals surface area contributed by atoms with Gasteiger partial charge in [0.25, 0.3) is 0 Å². The number of alkyl halides is 1. The second-order valence-corrected chi connectivity index (χ2v) is 7.26. The Labute approximate surface area is 158 Å². The van der Waals surface area contributed by atoms with Gasteiger partial charge >= 0.3 is 13.9 Å². The predicted molar refractivity (Wildman–Crippen MR) is 94.3 cm³/mol. The fraction of sp³-hybridized carbons (Fsp3) is 0.375. The first-order valence-electron chi connectivity index (χ1n) is 8.16. The molecule has 1 saturated heterocycles. The molecule has 1 aromatic carbocycles. The van der Waals surface area contributed by atoms with Crippen LogP contribution in [0.5, 0.6) is 5.75 Å². The van der Waals surface area contributed by atoms with Gasteiger partial charge < -0.3 is 20.1 Å². The van der Waals surface area contributed by atoms with Gasteiger partial charge in [-0.2, -0.15) is 4.98 Å². The quantitative estimate of drug-likeness (QED) is 0.677. The van der Waals surface area contributed by atoms with Gasteiger partial charge in [0.2, 0.25) is 0 Å². The van der Waals surface area contributed by atoms with Crippen molar-refractivity contribution in [3.05, 3.63) is 52.8 Å². The topological polar surface area (TPSA) is 126 Å². The molecule has 0 radical (unpaired) electrons. The molecule has 3 N–H and O–H groups in total. The van der Waals surface area contributed by atoms with E-state index in [4.69, 9.17) is 19.5 Å². The number of hydrogen-bond donors (Lipinski definition) is 2. The summed E-state index contributed by atoms with van der Waals surface area (Å²) in [5.74, 6) is -1.38. The molecule has 0 spiro atoms. The van der Waals surface area contributed by atoms with Crippen LogP contribution in [0.2, 0.25) is 0 Å². The van der Waals surface area contributed by atoms with Gasteiger partial charge in [-0.15, -0.1) is 0 Å². The van der Waals surface area contributed by atoms with Gasteiger partial charge in [-0.1, -0.05) is 18.2 Å². The molecule has 28 heavy (non-hydrogen) atoms. The molecule has 2 unspecified atom stereocenters. The highest BCUT2D eigenvalue weighted by molar-refractivity contribution is 7.33. The van der Waals surface area contributed by atoms with E-state index in [1.54, 1.807) is 30.3 Å². The largest absolute Gasteiger partial charge is 0.426 e. The van der Waals surface area contributed by atoms with E-state index >= 15 is 4.39 Å². The van der Waals surface area contributed by atoms with Gasteiger partial charge in [0, 0.05) is 0 Å². The van der Waals surface area contributed by atoms with Crippen LogP contribution >= 0.6 is 8.25 Å². The van der Waals surface area contributed by atoms with Crippen LogP contribution in [0, 0.1) is 5.82 Å². The first-order chi connectivity index (χ1) is 13.2. The SMILES string of the molecule is CC1(F)[C@@H](O)[C@@H](CO[PH](=O)Oc2ccccc2)O[C@H]1n1cc(F)c(N)nc1=O. The van der Waals surface area contributed by atoms with Crippen molar-refractivity contribution < 1.29 is 32.2 Å². The van der Waals surface area contributed by atoms with E-state index in [0.717, 1.165) is 6.92 Å². The molecule has 1 aliphatic rings. The highest BCUT2D eigenvalue weighted by Gasteiger charge is 2.55. The molecule has 2 heterocycles. The van der Waals surface area contributed by atoms with Crippen molar-refractivity contribution in [2.75, 3.05) is 12.3 Å². The molecule has 12 heteroatoms. The summed E-state index contributed by atoms with van der Waals surface area (Å²) in [5.41, 5.74) is 1.66. The lowest BCUT2D eigenvalue weighted by Gasteiger charge is -2.24. The lowest BCUT2D eigenvalue weighted by molar-refractivity contribution is -0.0589. The highest BCUT2D eigenvalue weighted by atomic mass is 31.1. The van der Waals surface area contributed by atoms with Crippen LogP contribution in [0.3, 0.4) is 0 Å². The minimum absolute atomic E-state index is 0.308. The first kappa shape index (κ1) is 20.4. The van der Waals surface area contributed by atoms with Crippen LogP contribution in [0.15, 0.2) is 41.3 Å². The number of aromatic nitrogens is 2. The molecule has 1 aliphatic heterocycles. The first-order valence-corrected chi connectivity index (χ1v) is 9.39. The zero-order valence-corrected chi connectivity index (χ0v) is 15.6. The fourth-order valence-electron chi connectivity index (χ4n) is 2.74. The average molecular weight is 417 g/mol. The second-order valence-electron chi connectivity index (χ2n) is 6.26. The monoisotopic (exact) mass is 417 g/mol. The number of aliphatic hydroxyl groups is 1. The van der Waals surface area contributed by atoms with E-state index in [-0.39, 0.29) is 0 Å². The van der Waals surface area contributed by atoms with Crippen LogP contribution in [0.25, 0.3) is 0 Å². The zero-order chi connectivity index (χ0) is 20.5. The summed E-state index contributed by atoms with van der Waals surface area (Å²) in [5, 5.41) is 10.2. The van der Waals surface area contributed by atoms with E-state index < -0.39 is 56.3 Å². The van der Waals surface area contributed by atoms with Crippen LogP contribution in [-0.2, 0) is 13.8 Å². The number of ether oxygens (including phenoxy) is 1. The van der Waals surface area contributed by atoms with Crippen molar-refractivity contribution in [1.29, 1.82) is 0 Å². The van der Waals surface area contributed by atoms with Gasteiger partial charge in [0.05, 0.1) is 12.8 Å². The normalized spacial score (nSPS) is 28.2. The smallest absolute Gasteiger partial charge is 0.367 e. The Morgan fingerprint density at radius 3 is 2.79 bits per heavy atom. The van der Waals surface area contributed by atoms with Crippen molar-refractivity contribution >= 4 is 14.1 Å². The van der Waals surface area contributed by atoms with Crippen LogP contribution in [0.4, 0.5) is 14.6 Å². The summed E-state index contributed by atoms with van der Waals surface area (Å²) >= 11 is 0. The molecule has 2 aromatic rings. The molecule has 1 fully saturated rings. The minimum atomic E-state index is -3.01. The Balaban J connectivity index is 1.70. The van der Waals surface area contributed by atoms with E-state index in [9.17, 15) is 18.9 Å². The molecule has 0 amide bonds. The van der Waals surface area contributed by atoms with Gasteiger partial charge in [-0.05, 0) is 19.1 Å². The maximum absolute atomic E-state index is 15.0. The summed E-state index contributed by atoms with van der Waals surface area (Å²) in [6.45, 7) is 0.494. The molecule has 0 saturated carbocycles. The number of para-hydroxylation sites is 1. The number of nitrogen functional groups attached to an aromatic ring is 1. The minimum Gasteiger partial charge on any atom is -0.426 e. The fourth-order valence-corrected chi connectivity index (χ4v) is 3.43. The maximum atomic E-state index is 15.0. The number of halogens is 2. The molecule has 5 atom stereocenters. The third-order valence-electron chi connectivity index (χ3n) is 4.21. The van der Waals surface area contributed by atoms with Crippen molar-refractivity contribution in [2.45, 2.75) is 31.0 Å². The average Bonchev–Trinajstić information content (AvgIpc) is 2.87. The summed E-state index contributed by atoms with van der Waals surface area (Å²) in [4.78, 5) is 15.2. The molecule has 152 valence electrons. The van der Waals surface area contributed by atoms with Gasteiger partial charge in [0.15, 0.2) is 23.5 Å². The van der Waals surface area contributed by atoms with E-state index in [1.807, 2.05) is 0 Å². The highest BCUT2D eigenvalue weighted by Crippen LogP contribution is 2.41. The van der Waals surface area contributed by atoms with Crippen LogP contribution in [-0.4, -0.2) is 39.1 Å². The maximum Gasteiger partial charge on any atom is 0.367 e. The van der Waals surface area contributed by atoms with Gasteiger partial charge in [0.1, 0.15) is 18.0 Å². The molecule has 1 aromatic heterocycles. The summed E-state index contributed by atoms with van der Waals surface area (Å²) in [6.07, 6.45) is -4.09. The number of anilines is 1. The van der Waals surface area contributed by atoms with Gasteiger partial charge in [-0.25, -0.2) is 18.1 Å².